The van der Waals surface area contributed by atoms with Crippen LogP contribution in [-0.4, -0.2) is 71.4 Å². The summed E-state index contributed by atoms with van der Waals surface area (Å²) in [7, 11) is -1.50. The number of nitrogens with zero attached hydrogens (tertiary/aromatic N) is 2. The van der Waals surface area contributed by atoms with Crippen LogP contribution in [0.25, 0.3) is 0 Å². The molecule has 10 heteroatoms. The summed E-state index contributed by atoms with van der Waals surface area (Å²) in [6.07, 6.45) is 3.71. The first-order valence-electron chi connectivity index (χ1n) is 10.9. The first kappa shape index (κ1) is 27.9. The maximum atomic E-state index is 11.6. The lowest BCUT2D eigenvalue weighted by molar-refractivity contribution is 0.167. The second kappa shape index (κ2) is 14.9. The number of benzene rings is 1. The molecule has 0 spiro atoms. The average Bonchev–Trinajstić information content (AvgIpc) is 2.78. The minimum atomic E-state index is -3.18. The van der Waals surface area contributed by atoms with Gasteiger partial charge in [-0.05, 0) is 57.5 Å². The van der Waals surface area contributed by atoms with Crippen LogP contribution in [0.2, 0.25) is 0 Å². The highest BCUT2D eigenvalue weighted by atomic mass is 127. The van der Waals surface area contributed by atoms with Crippen molar-refractivity contribution in [3.63, 3.8) is 0 Å². The molecular weight excluding hydrogens is 529 g/mol. The quantitative estimate of drug-likeness (QED) is 0.165. The number of ether oxygens (including phenoxy) is 1. The van der Waals surface area contributed by atoms with Gasteiger partial charge in [-0.1, -0.05) is 18.6 Å². The van der Waals surface area contributed by atoms with Crippen molar-refractivity contribution in [1.29, 1.82) is 0 Å². The Morgan fingerprint density at radius 1 is 1.10 bits per heavy atom. The van der Waals surface area contributed by atoms with Crippen LogP contribution in [0, 0.1) is 0 Å². The molecule has 8 nitrogen and oxygen atoms in total. The minimum absolute atomic E-state index is 0. The number of halogens is 1. The van der Waals surface area contributed by atoms with Gasteiger partial charge in [0.05, 0.1) is 25.4 Å². The van der Waals surface area contributed by atoms with Gasteiger partial charge >= 0.3 is 0 Å². The van der Waals surface area contributed by atoms with Gasteiger partial charge in [0.2, 0.25) is 10.0 Å². The third-order valence-corrected chi connectivity index (χ3v) is 6.62. The highest BCUT2D eigenvalue weighted by molar-refractivity contribution is 14.0. The molecule has 0 radical (unpaired) electrons. The van der Waals surface area contributed by atoms with Crippen LogP contribution in [0.5, 0.6) is 5.75 Å². The average molecular weight is 568 g/mol. The summed E-state index contributed by atoms with van der Waals surface area (Å²) in [6.45, 7) is 7.97. The predicted octanol–water partition coefficient (Wildman–Crippen LogP) is 2.33. The number of rotatable bonds is 11. The molecule has 1 aromatic rings. The second-order valence-corrected chi connectivity index (χ2v) is 9.43. The standard InChI is InChI=1S/C21H37N5O3S.HI/c1-4-22-21(23-13-14-25-30(27,28)5-2)24-17-20(26-15-7-6-8-16-26)18-9-11-19(29-3)12-10-18;/h9-12,20,25H,4-8,13-17H2,1-3H3,(H2,22,23,24);1H. The number of methoxy groups -OCH3 is 1. The molecule has 1 atom stereocenters. The number of nitrogens with one attached hydrogen (secondary N) is 3. The zero-order chi connectivity index (χ0) is 21.8. The molecule has 0 amide bonds. The van der Waals surface area contributed by atoms with Gasteiger partial charge in [-0.2, -0.15) is 0 Å². The summed E-state index contributed by atoms with van der Waals surface area (Å²) < 4.78 is 31.0. The highest BCUT2D eigenvalue weighted by Crippen LogP contribution is 2.26. The van der Waals surface area contributed by atoms with E-state index in [1.165, 1.54) is 24.8 Å². The summed E-state index contributed by atoms with van der Waals surface area (Å²) in [4.78, 5) is 7.31. The molecule has 0 saturated carbocycles. The third kappa shape index (κ3) is 9.92. The fraction of sp³-hybridized carbons (Fsp3) is 0.667. The first-order valence-corrected chi connectivity index (χ1v) is 12.5. The minimum Gasteiger partial charge on any atom is -0.497 e. The fourth-order valence-electron chi connectivity index (χ4n) is 3.50. The summed E-state index contributed by atoms with van der Waals surface area (Å²) in [5.74, 6) is 1.63. The van der Waals surface area contributed by atoms with Crippen molar-refractivity contribution < 1.29 is 13.2 Å². The number of aliphatic imine (C=N–C) groups is 1. The lowest BCUT2D eigenvalue weighted by Gasteiger charge is -2.34. The second-order valence-electron chi connectivity index (χ2n) is 7.33. The molecule has 0 aliphatic carbocycles. The topological polar surface area (TPSA) is 95.1 Å². The summed E-state index contributed by atoms with van der Waals surface area (Å²) in [5, 5.41) is 6.46. The van der Waals surface area contributed by atoms with Crippen molar-refractivity contribution in [2.45, 2.75) is 39.2 Å². The molecule has 1 unspecified atom stereocenters. The van der Waals surface area contributed by atoms with Gasteiger partial charge in [0, 0.05) is 19.6 Å². The molecule has 0 aromatic heterocycles. The van der Waals surface area contributed by atoms with E-state index in [4.69, 9.17) is 9.73 Å². The Hall–Kier alpha value is -1.11. The number of hydrogen-bond acceptors (Lipinski definition) is 5. The van der Waals surface area contributed by atoms with Crippen LogP contribution in [0.15, 0.2) is 29.3 Å². The lowest BCUT2D eigenvalue weighted by Crippen LogP contribution is -2.42. The van der Waals surface area contributed by atoms with Crippen molar-refractivity contribution in [2.24, 2.45) is 4.99 Å². The molecule has 1 saturated heterocycles. The normalized spacial score (nSPS) is 16.3. The van der Waals surface area contributed by atoms with E-state index in [1.54, 1.807) is 14.0 Å². The molecule has 0 bridgehead atoms. The van der Waals surface area contributed by atoms with E-state index >= 15 is 0 Å². The Bertz CT molecular complexity index is 753. The number of sulfonamides is 1. The van der Waals surface area contributed by atoms with E-state index in [9.17, 15) is 8.42 Å². The van der Waals surface area contributed by atoms with Gasteiger partial charge in [-0.25, -0.2) is 13.1 Å². The van der Waals surface area contributed by atoms with E-state index in [2.05, 4.69) is 32.4 Å². The molecule has 31 heavy (non-hydrogen) atoms. The molecule has 1 aliphatic rings. The van der Waals surface area contributed by atoms with Crippen LogP contribution in [-0.2, 0) is 10.0 Å². The maximum Gasteiger partial charge on any atom is 0.211 e. The van der Waals surface area contributed by atoms with E-state index < -0.39 is 10.0 Å². The van der Waals surface area contributed by atoms with Crippen LogP contribution < -0.4 is 20.1 Å². The molecule has 1 aliphatic heterocycles. The maximum absolute atomic E-state index is 11.6. The monoisotopic (exact) mass is 567 g/mol. The van der Waals surface area contributed by atoms with Crippen molar-refractivity contribution >= 4 is 40.0 Å². The summed E-state index contributed by atoms with van der Waals surface area (Å²) >= 11 is 0. The Kier molecular flexibility index (Phi) is 13.4. The van der Waals surface area contributed by atoms with Gasteiger partial charge in [0.15, 0.2) is 5.96 Å². The van der Waals surface area contributed by atoms with E-state index in [0.717, 1.165) is 25.4 Å². The Morgan fingerprint density at radius 2 is 1.77 bits per heavy atom. The fourth-order valence-corrected chi connectivity index (χ4v) is 4.11. The lowest BCUT2D eigenvalue weighted by atomic mass is 10.0. The van der Waals surface area contributed by atoms with Gasteiger partial charge in [-0.15, -0.1) is 24.0 Å². The molecule has 3 N–H and O–H groups in total. The zero-order valence-electron chi connectivity index (χ0n) is 18.9. The van der Waals surface area contributed by atoms with E-state index in [1.807, 2.05) is 19.1 Å². The largest absolute Gasteiger partial charge is 0.497 e. The van der Waals surface area contributed by atoms with Crippen LogP contribution in [0.3, 0.4) is 0 Å². The highest BCUT2D eigenvalue weighted by Gasteiger charge is 2.22. The van der Waals surface area contributed by atoms with Crippen molar-refractivity contribution in [1.82, 2.24) is 20.3 Å². The predicted molar refractivity (Wildman–Crippen MR) is 138 cm³/mol. The van der Waals surface area contributed by atoms with Crippen LogP contribution >= 0.6 is 24.0 Å². The van der Waals surface area contributed by atoms with Crippen LogP contribution in [0.1, 0.15) is 44.7 Å². The van der Waals surface area contributed by atoms with Gasteiger partial charge in [-0.3, -0.25) is 9.89 Å². The molecular formula is C21H38IN5O3S. The van der Waals surface area contributed by atoms with Crippen molar-refractivity contribution in [2.75, 3.05) is 52.1 Å². The molecule has 178 valence electrons. The third-order valence-electron chi connectivity index (χ3n) is 5.22. The van der Waals surface area contributed by atoms with Crippen molar-refractivity contribution in [3.8, 4) is 5.75 Å². The number of hydrogen-bond donors (Lipinski definition) is 3. The van der Waals surface area contributed by atoms with Gasteiger partial charge < -0.3 is 15.4 Å². The summed E-state index contributed by atoms with van der Waals surface area (Å²) in [6, 6.07) is 8.44. The smallest absolute Gasteiger partial charge is 0.211 e. The number of guanidine groups is 1. The van der Waals surface area contributed by atoms with Crippen LogP contribution in [0.4, 0.5) is 0 Å². The number of piperidine rings is 1. The Labute approximate surface area is 204 Å². The SMILES string of the molecule is CCNC(=NCC(c1ccc(OC)cc1)N1CCCCC1)NCCNS(=O)(=O)CC.I. The zero-order valence-corrected chi connectivity index (χ0v) is 22.0. The van der Waals surface area contributed by atoms with E-state index in [-0.39, 0.29) is 35.8 Å². The van der Waals surface area contributed by atoms with Gasteiger partial charge in [0.25, 0.3) is 0 Å². The molecule has 1 aromatic carbocycles. The van der Waals surface area contributed by atoms with Crippen molar-refractivity contribution in [3.05, 3.63) is 29.8 Å². The van der Waals surface area contributed by atoms with Gasteiger partial charge in [0.1, 0.15) is 5.75 Å². The Morgan fingerprint density at radius 3 is 2.35 bits per heavy atom. The Balaban J connectivity index is 0.00000480. The molecule has 2 rings (SSSR count). The molecule has 1 fully saturated rings. The van der Waals surface area contributed by atoms with E-state index in [0.29, 0.717) is 25.6 Å². The summed E-state index contributed by atoms with van der Waals surface area (Å²) in [5.41, 5.74) is 1.23. The first-order chi connectivity index (χ1) is 14.5. The number of likely N-dealkylation sites (tertiary alicyclic amines) is 1. The molecule has 1 heterocycles.